The Morgan fingerprint density at radius 1 is 0.722 bits per heavy atom. The number of benzene rings is 2. The maximum absolute atomic E-state index is 11.9. The molecule has 0 aliphatic rings. The lowest BCUT2D eigenvalue weighted by Crippen LogP contribution is -1.99. The van der Waals surface area contributed by atoms with Gasteiger partial charge in [0.1, 0.15) is 0 Å². The average Bonchev–Trinajstić information content (AvgIpc) is 2.40. The van der Waals surface area contributed by atoms with Gasteiger partial charge in [0, 0.05) is 5.57 Å². The SMILES string of the molecule is CC(=O)/C(=C(\C)c1ccccc1)c1ccccc1. The first-order chi connectivity index (χ1) is 8.70. The molecule has 0 radical (unpaired) electrons. The molecule has 0 aliphatic carbocycles. The molecule has 2 aromatic carbocycles. The van der Waals surface area contributed by atoms with E-state index in [1.807, 2.05) is 67.6 Å². The number of carbonyl (C=O) groups is 1. The Balaban J connectivity index is 2.58. The zero-order valence-electron chi connectivity index (χ0n) is 10.7. The second-order valence-corrected chi connectivity index (χ2v) is 4.29. The van der Waals surface area contributed by atoms with Crippen LogP contribution in [-0.2, 0) is 4.79 Å². The normalized spacial score (nSPS) is 11.9. The molecule has 0 amide bonds. The highest BCUT2D eigenvalue weighted by Gasteiger charge is 2.11. The van der Waals surface area contributed by atoms with Crippen molar-refractivity contribution in [2.24, 2.45) is 0 Å². The van der Waals surface area contributed by atoms with E-state index in [9.17, 15) is 4.79 Å². The van der Waals surface area contributed by atoms with Crippen molar-refractivity contribution in [3.63, 3.8) is 0 Å². The van der Waals surface area contributed by atoms with E-state index in [1.54, 1.807) is 6.92 Å². The van der Waals surface area contributed by atoms with Gasteiger partial charge in [-0.25, -0.2) is 0 Å². The summed E-state index contributed by atoms with van der Waals surface area (Å²) in [4.78, 5) is 11.9. The quantitative estimate of drug-likeness (QED) is 0.576. The topological polar surface area (TPSA) is 17.1 Å². The summed E-state index contributed by atoms with van der Waals surface area (Å²) in [7, 11) is 0. The van der Waals surface area contributed by atoms with Gasteiger partial charge in [0.25, 0.3) is 0 Å². The van der Waals surface area contributed by atoms with Crippen molar-refractivity contribution in [2.45, 2.75) is 13.8 Å². The molecule has 0 unspecified atom stereocenters. The van der Waals surface area contributed by atoms with Crippen molar-refractivity contribution in [3.05, 3.63) is 71.8 Å². The van der Waals surface area contributed by atoms with E-state index < -0.39 is 0 Å². The average molecular weight is 236 g/mol. The number of allylic oxidation sites excluding steroid dienone is 2. The van der Waals surface area contributed by atoms with Crippen LogP contribution in [0.5, 0.6) is 0 Å². The molecule has 2 rings (SSSR count). The predicted octanol–water partition coefficient (Wildman–Crippen LogP) is 4.21. The van der Waals surface area contributed by atoms with Crippen LogP contribution in [0.2, 0.25) is 0 Å². The molecule has 1 heteroatoms. The second kappa shape index (κ2) is 5.46. The summed E-state index contributed by atoms with van der Waals surface area (Å²) in [5, 5.41) is 0. The highest BCUT2D eigenvalue weighted by atomic mass is 16.1. The van der Waals surface area contributed by atoms with Crippen molar-refractivity contribution in [1.82, 2.24) is 0 Å². The Morgan fingerprint density at radius 2 is 1.17 bits per heavy atom. The number of carbonyl (C=O) groups excluding carboxylic acids is 1. The lowest BCUT2D eigenvalue weighted by atomic mass is 9.93. The smallest absolute Gasteiger partial charge is 0.160 e. The van der Waals surface area contributed by atoms with E-state index in [0.29, 0.717) is 0 Å². The van der Waals surface area contributed by atoms with Crippen LogP contribution in [0, 0.1) is 0 Å². The van der Waals surface area contributed by atoms with Gasteiger partial charge < -0.3 is 0 Å². The van der Waals surface area contributed by atoms with Crippen LogP contribution in [-0.4, -0.2) is 5.78 Å². The molecule has 0 aromatic heterocycles. The van der Waals surface area contributed by atoms with Gasteiger partial charge in [-0.05, 0) is 30.5 Å². The van der Waals surface area contributed by atoms with Crippen LogP contribution in [0.3, 0.4) is 0 Å². The maximum Gasteiger partial charge on any atom is 0.160 e. The fourth-order valence-electron chi connectivity index (χ4n) is 2.12. The molecule has 0 fully saturated rings. The van der Waals surface area contributed by atoms with Gasteiger partial charge in [0.15, 0.2) is 5.78 Å². The van der Waals surface area contributed by atoms with Crippen LogP contribution in [0.4, 0.5) is 0 Å². The first-order valence-corrected chi connectivity index (χ1v) is 6.03. The summed E-state index contributed by atoms with van der Waals surface area (Å²) in [5.74, 6) is 0.0996. The van der Waals surface area contributed by atoms with Crippen LogP contribution in [0.1, 0.15) is 25.0 Å². The molecule has 0 saturated heterocycles. The number of ketones is 1. The highest BCUT2D eigenvalue weighted by molar-refractivity contribution is 6.26. The molecule has 0 saturated carbocycles. The van der Waals surface area contributed by atoms with Crippen LogP contribution >= 0.6 is 0 Å². The van der Waals surface area contributed by atoms with Crippen molar-refractivity contribution in [3.8, 4) is 0 Å². The largest absolute Gasteiger partial charge is 0.294 e. The van der Waals surface area contributed by atoms with Gasteiger partial charge in [-0.2, -0.15) is 0 Å². The fourth-order valence-corrected chi connectivity index (χ4v) is 2.12. The van der Waals surface area contributed by atoms with Crippen LogP contribution in [0.25, 0.3) is 11.1 Å². The zero-order valence-corrected chi connectivity index (χ0v) is 10.7. The second-order valence-electron chi connectivity index (χ2n) is 4.29. The molecular weight excluding hydrogens is 220 g/mol. The Hall–Kier alpha value is -2.15. The highest BCUT2D eigenvalue weighted by Crippen LogP contribution is 2.26. The summed E-state index contributed by atoms with van der Waals surface area (Å²) >= 11 is 0. The third-order valence-electron chi connectivity index (χ3n) is 3.00. The first kappa shape index (κ1) is 12.3. The van der Waals surface area contributed by atoms with Gasteiger partial charge >= 0.3 is 0 Å². The van der Waals surface area contributed by atoms with Crippen molar-refractivity contribution < 1.29 is 4.79 Å². The van der Waals surface area contributed by atoms with E-state index >= 15 is 0 Å². The summed E-state index contributed by atoms with van der Waals surface area (Å²) in [6.45, 7) is 3.62. The van der Waals surface area contributed by atoms with Crippen LogP contribution in [0.15, 0.2) is 60.7 Å². The fraction of sp³-hybridized carbons (Fsp3) is 0.118. The van der Waals surface area contributed by atoms with E-state index in [4.69, 9.17) is 0 Å². The third-order valence-corrected chi connectivity index (χ3v) is 3.00. The van der Waals surface area contributed by atoms with E-state index in [0.717, 1.165) is 22.3 Å². The number of hydrogen-bond acceptors (Lipinski definition) is 1. The van der Waals surface area contributed by atoms with E-state index in [1.165, 1.54) is 0 Å². The minimum Gasteiger partial charge on any atom is -0.294 e. The molecule has 2 aromatic rings. The summed E-state index contributed by atoms with van der Waals surface area (Å²) in [6, 6.07) is 19.8. The van der Waals surface area contributed by atoms with Gasteiger partial charge in [-0.15, -0.1) is 0 Å². The molecule has 0 bridgehead atoms. The van der Waals surface area contributed by atoms with Crippen LogP contribution < -0.4 is 0 Å². The van der Waals surface area contributed by atoms with Crippen molar-refractivity contribution >= 4 is 16.9 Å². The van der Waals surface area contributed by atoms with Gasteiger partial charge in [0.05, 0.1) is 0 Å². The molecule has 0 spiro atoms. The molecule has 1 nitrogen and oxygen atoms in total. The lowest BCUT2D eigenvalue weighted by molar-refractivity contribution is -0.111. The molecule has 0 heterocycles. The monoisotopic (exact) mass is 236 g/mol. The summed E-state index contributed by atoms with van der Waals surface area (Å²) in [5.41, 5.74) is 3.88. The molecule has 0 atom stereocenters. The molecular formula is C17H16O. The Bertz CT molecular complexity index is 565. The minimum atomic E-state index is 0.0996. The van der Waals surface area contributed by atoms with Crippen molar-refractivity contribution in [2.75, 3.05) is 0 Å². The van der Waals surface area contributed by atoms with Crippen molar-refractivity contribution in [1.29, 1.82) is 0 Å². The third kappa shape index (κ3) is 2.57. The Kier molecular flexibility index (Phi) is 3.73. The number of Topliss-reactive ketones (excluding diaryl/α,β-unsaturated/α-hetero) is 1. The Labute approximate surface area is 108 Å². The summed E-state index contributed by atoms with van der Waals surface area (Å²) < 4.78 is 0. The van der Waals surface area contributed by atoms with Gasteiger partial charge in [0.2, 0.25) is 0 Å². The van der Waals surface area contributed by atoms with Gasteiger partial charge in [-0.3, -0.25) is 4.79 Å². The molecule has 18 heavy (non-hydrogen) atoms. The minimum absolute atomic E-state index is 0.0996. The van der Waals surface area contributed by atoms with Gasteiger partial charge in [-0.1, -0.05) is 60.7 Å². The van der Waals surface area contributed by atoms with E-state index in [-0.39, 0.29) is 5.78 Å². The first-order valence-electron chi connectivity index (χ1n) is 6.03. The molecule has 0 N–H and O–H groups in total. The summed E-state index contributed by atoms with van der Waals surface area (Å²) in [6.07, 6.45) is 0. The standard InChI is InChI=1S/C17H16O/c1-13(15-9-5-3-6-10-15)17(14(2)18)16-11-7-4-8-12-16/h3-12H,1-2H3/b17-13-. The molecule has 90 valence electrons. The molecule has 0 aliphatic heterocycles. The predicted molar refractivity (Wildman–Crippen MR) is 76.1 cm³/mol. The maximum atomic E-state index is 11.9. The van der Waals surface area contributed by atoms with E-state index in [2.05, 4.69) is 0 Å². The number of hydrogen-bond donors (Lipinski definition) is 0. The Morgan fingerprint density at radius 3 is 1.61 bits per heavy atom. The number of rotatable bonds is 3. The lowest BCUT2D eigenvalue weighted by Gasteiger charge is -2.10. The zero-order chi connectivity index (χ0) is 13.0.